The lowest BCUT2D eigenvalue weighted by atomic mass is 10.2. The van der Waals surface area contributed by atoms with Gasteiger partial charge in [-0.3, -0.25) is 9.69 Å². The van der Waals surface area contributed by atoms with E-state index in [1.165, 1.54) is 0 Å². The molecular formula is C15H18N4O2. The third kappa shape index (κ3) is 3.20. The number of aliphatic carboxylic acids is 1. The maximum Gasteiger partial charge on any atom is 0.304 e. The van der Waals surface area contributed by atoms with Gasteiger partial charge < -0.3 is 9.67 Å². The molecule has 1 atom stereocenters. The molecule has 0 aliphatic carbocycles. The van der Waals surface area contributed by atoms with Gasteiger partial charge in [0.05, 0.1) is 29.6 Å². The van der Waals surface area contributed by atoms with Crippen molar-refractivity contribution in [2.24, 2.45) is 0 Å². The van der Waals surface area contributed by atoms with E-state index in [1.807, 2.05) is 47.7 Å². The molecule has 0 spiro atoms. The number of nitrogens with zero attached hydrogens (tertiary/aromatic N) is 4. The van der Waals surface area contributed by atoms with E-state index >= 15 is 0 Å². The van der Waals surface area contributed by atoms with Gasteiger partial charge in [-0.15, -0.1) is 0 Å². The Morgan fingerprint density at radius 3 is 2.90 bits per heavy atom. The summed E-state index contributed by atoms with van der Waals surface area (Å²) in [6.07, 6.45) is 0.0827. The van der Waals surface area contributed by atoms with Crippen molar-refractivity contribution in [2.45, 2.75) is 25.9 Å². The van der Waals surface area contributed by atoms with Crippen LogP contribution in [0.15, 0.2) is 24.3 Å². The Hall–Kier alpha value is -2.39. The highest BCUT2D eigenvalue weighted by molar-refractivity contribution is 5.76. The van der Waals surface area contributed by atoms with Crippen molar-refractivity contribution in [1.82, 2.24) is 14.5 Å². The Balaban J connectivity index is 2.33. The first-order valence-electron chi connectivity index (χ1n) is 6.78. The van der Waals surface area contributed by atoms with Crippen molar-refractivity contribution in [1.29, 1.82) is 5.26 Å². The number of hydrogen-bond acceptors (Lipinski definition) is 4. The second kappa shape index (κ2) is 6.37. The maximum absolute atomic E-state index is 10.7. The molecule has 6 nitrogen and oxygen atoms in total. The summed E-state index contributed by atoms with van der Waals surface area (Å²) in [4.78, 5) is 17.2. The summed E-state index contributed by atoms with van der Waals surface area (Å²) in [6.45, 7) is 2.64. The standard InChI is InChI=1S/C15H18N4O2/c1-11(18(2)9-7-14(20)21)15-17-12-5-3-4-6-13(12)19(15)10-8-16/h3-6,11H,7,9-10H2,1-2H3,(H,20,21). The van der Waals surface area contributed by atoms with E-state index in [0.717, 1.165) is 16.9 Å². The average molecular weight is 286 g/mol. The number of para-hydroxylation sites is 2. The Morgan fingerprint density at radius 2 is 2.24 bits per heavy atom. The molecule has 0 saturated heterocycles. The molecule has 1 heterocycles. The van der Waals surface area contributed by atoms with Crippen LogP contribution < -0.4 is 0 Å². The number of carboxylic acid groups (broad SMARTS) is 1. The minimum absolute atomic E-state index is 0.0647. The third-order valence-corrected chi connectivity index (χ3v) is 3.63. The number of fused-ring (bicyclic) bond motifs is 1. The van der Waals surface area contributed by atoms with Gasteiger partial charge in [0, 0.05) is 6.54 Å². The van der Waals surface area contributed by atoms with Crippen LogP contribution in [0, 0.1) is 11.3 Å². The van der Waals surface area contributed by atoms with Crippen LogP contribution in [0.4, 0.5) is 0 Å². The number of imidazole rings is 1. The van der Waals surface area contributed by atoms with E-state index < -0.39 is 5.97 Å². The zero-order valence-electron chi connectivity index (χ0n) is 12.2. The molecule has 21 heavy (non-hydrogen) atoms. The molecule has 1 aromatic heterocycles. The lowest BCUT2D eigenvalue weighted by Crippen LogP contribution is -2.27. The van der Waals surface area contributed by atoms with Crippen molar-refractivity contribution in [2.75, 3.05) is 13.6 Å². The van der Waals surface area contributed by atoms with Crippen LogP contribution >= 0.6 is 0 Å². The minimum Gasteiger partial charge on any atom is -0.481 e. The molecule has 0 amide bonds. The predicted molar refractivity (Wildman–Crippen MR) is 78.6 cm³/mol. The Bertz CT molecular complexity index is 687. The number of aromatic nitrogens is 2. The number of rotatable bonds is 6. The van der Waals surface area contributed by atoms with Crippen molar-refractivity contribution < 1.29 is 9.90 Å². The number of nitriles is 1. The summed E-state index contributed by atoms with van der Waals surface area (Å²) in [5.41, 5.74) is 1.77. The van der Waals surface area contributed by atoms with E-state index in [9.17, 15) is 4.79 Å². The molecule has 1 aromatic carbocycles. The largest absolute Gasteiger partial charge is 0.481 e. The Labute approximate surface area is 123 Å². The summed E-state index contributed by atoms with van der Waals surface area (Å²) >= 11 is 0. The molecule has 0 aliphatic heterocycles. The second-order valence-electron chi connectivity index (χ2n) is 5.00. The van der Waals surface area contributed by atoms with Gasteiger partial charge in [-0.05, 0) is 26.1 Å². The van der Waals surface area contributed by atoms with Crippen LogP contribution in [0.3, 0.4) is 0 Å². The summed E-state index contributed by atoms with van der Waals surface area (Å²) in [5, 5.41) is 17.8. The molecule has 2 rings (SSSR count). The smallest absolute Gasteiger partial charge is 0.304 e. The van der Waals surface area contributed by atoms with Crippen molar-refractivity contribution >= 4 is 17.0 Å². The Morgan fingerprint density at radius 1 is 1.52 bits per heavy atom. The second-order valence-corrected chi connectivity index (χ2v) is 5.00. The number of hydrogen-bond donors (Lipinski definition) is 1. The van der Waals surface area contributed by atoms with Gasteiger partial charge in [0.2, 0.25) is 0 Å². The van der Waals surface area contributed by atoms with Crippen LogP contribution in [-0.2, 0) is 11.3 Å². The summed E-state index contributed by atoms with van der Waals surface area (Å²) in [6, 6.07) is 9.77. The lowest BCUT2D eigenvalue weighted by molar-refractivity contribution is -0.137. The first-order valence-corrected chi connectivity index (χ1v) is 6.78. The van der Waals surface area contributed by atoms with Gasteiger partial charge in [0.1, 0.15) is 12.4 Å². The number of carbonyl (C=O) groups is 1. The average Bonchev–Trinajstić information content (AvgIpc) is 2.83. The van der Waals surface area contributed by atoms with E-state index in [0.29, 0.717) is 6.54 Å². The first kappa shape index (κ1) is 15.0. The van der Waals surface area contributed by atoms with Gasteiger partial charge in [-0.25, -0.2) is 4.98 Å². The van der Waals surface area contributed by atoms with Gasteiger partial charge >= 0.3 is 5.97 Å². The summed E-state index contributed by atoms with van der Waals surface area (Å²) in [5.74, 6) is -0.0368. The molecular weight excluding hydrogens is 268 g/mol. The molecule has 0 fully saturated rings. The lowest BCUT2D eigenvalue weighted by Gasteiger charge is -2.23. The fourth-order valence-electron chi connectivity index (χ4n) is 2.31. The van der Waals surface area contributed by atoms with Crippen LogP contribution in [0.25, 0.3) is 11.0 Å². The third-order valence-electron chi connectivity index (χ3n) is 3.63. The summed E-state index contributed by atoms with van der Waals surface area (Å²) < 4.78 is 1.89. The zero-order chi connectivity index (χ0) is 15.4. The van der Waals surface area contributed by atoms with Crippen LogP contribution in [0.5, 0.6) is 0 Å². The molecule has 6 heteroatoms. The van der Waals surface area contributed by atoms with E-state index in [1.54, 1.807) is 0 Å². The fourth-order valence-corrected chi connectivity index (χ4v) is 2.31. The summed E-state index contributed by atoms with van der Waals surface area (Å²) in [7, 11) is 1.86. The topological polar surface area (TPSA) is 82.2 Å². The first-order chi connectivity index (χ1) is 10.0. The molecule has 0 aliphatic rings. The maximum atomic E-state index is 10.7. The number of benzene rings is 1. The SMILES string of the molecule is CC(c1nc2ccccc2n1CC#N)N(C)CCC(=O)O. The highest BCUT2D eigenvalue weighted by Gasteiger charge is 2.20. The Kier molecular flexibility index (Phi) is 4.55. The van der Waals surface area contributed by atoms with Crippen LogP contribution in [-0.4, -0.2) is 39.1 Å². The molecule has 110 valence electrons. The molecule has 2 aromatic rings. The van der Waals surface area contributed by atoms with Crippen LogP contribution in [0.2, 0.25) is 0 Å². The van der Waals surface area contributed by atoms with Crippen molar-refractivity contribution in [3.63, 3.8) is 0 Å². The molecule has 1 unspecified atom stereocenters. The molecule has 0 bridgehead atoms. The quantitative estimate of drug-likeness (QED) is 0.878. The van der Waals surface area contributed by atoms with Crippen molar-refractivity contribution in [3.05, 3.63) is 30.1 Å². The highest BCUT2D eigenvalue weighted by atomic mass is 16.4. The molecule has 1 N–H and O–H groups in total. The highest BCUT2D eigenvalue weighted by Crippen LogP contribution is 2.23. The monoisotopic (exact) mass is 286 g/mol. The van der Waals surface area contributed by atoms with Gasteiger partial charge in [0.15, 0.2) is 0 Å². The minimum atomic E-state index is -0.820. The van der Waals surface area contributed by atoms with Gasteiger partial charge in [-0.2, -0.15) is 5.26 Å². The van der Waals surface area contributed by atoms with Crippen molar-refractivity contribution in [3.8, 4) is 6.07 Å². The predicted octanol–water partition coefficient (Wildman–Crippen LogP) is 2.03. The zero-order valence-corrected chi connectivity index (χ0v) is 12.2. The van der Waals surface area contributed by atoms with Gasteiger partial charge in [-0.1, -0.05) is 12.1 Å². The fraction of sp³-hybridized carbons (Fsp3) is 0.400. The van der Waals surface area contributed by atoms with E-state index in [4.69, 9.17) is 10.4 Å². The normalized spacial score (nSPS) is 12.5. The van der Waals surface area contributed by atoms with Crippen LogP contribution in [0.1, 0.15) is 25.2 Å². The molecule has 0 saturated carbocycles. The van der Waals surface area contributed by atoms with E-state index in [-0.39, 0.29) is 19.0 Å². The number of carboxylic acids is 1. The van der Waals surface area contributed by atoms with E-state index in [2.05, 4.69) is 11.1 Å². The van der Waals surface area contributed by atoms with Gasteiger partial charge in [0.25, 0.3) is 0 Å². The molecule has 0 radical (unpaired) electrons.